The van der Waals surface area contributed by atoms with Crippen molar-refractivity contribution in [3.8, 4) is 0 Å². The second-order valence-electron chi connectivity index (χ2n) is 3.90. The van der Waals surface area contributed by atoms with E-state index in [2.05, 4.69) is 24.1 Å². The Morgan fingerprint density at radius 2 is 2.07 bits per heavy atom. The number of benzene rings is 1. The summed E-state index contributed by atoms with van der Waals surface area (Å²) in [6, 6.07) is 8.22. The maximum Gasteiger partial charge on any atom is 0.0951 e. The molecule has 2 rings (SSSR count). The minimum absolute atomic E-state index is 0.400. The molecule has 78 valence electrons. The molecule has 0 aliphatic heterocycles. The van der Waals surface area contributed by atoms with Crippen LogP contribution in [0.1, 0.15) is 13.8 Å². The van der Waals surface area contributed by atoms with E-state index < -0.39 is 0 Å². The standard InChI is InChI=1S/C12H15N3/c1-8(2)15-11-6-7-14-12-9(11)4-3-5-10(12)13/h3-8H,13H2,1-2H3,(H,14,15). The van der Waals surface area contributed by atoms with E-state index in [9.17, 15) is 0 Å². The van der Waals surface area contributed by atoms with Crippen molar-refractivity contribution in [3.05, 3.63) is 30.5 Å². The van der Waals surface area contributed by atoms with Crippen LogP contribution in [0.4, 0.5) is 11.4 Å². The van der Waals surface area contributed by atoms with Gasteiger partial charge in [0, 0.05) is 23.3 Å². The van der Waals surface area contributed by atoms with Crippen molar-refractivity contribution in [3.63, 3.8) is 0 Å². The number of anilines is 2. The highest BCUT2D eigenvalue weighted by Crippen LogP contribution is 2.25. The molecular weight excluding hydrogens is 186 g/mol. The van der Waals surface area contributed by atoms with Gasteiger partial charge in [-0.3, -0.25) is 4.98 Å². The highest BCUT2D eigenvalue weighted by molar-refractivity contribution is 5.97. The van der Waals surface area contributed by atoms with Gasteiger partial charge in [-0.25, -0.2) is 0 Å². The molecule has 0 fully saturated rings. The van der Waals surface area contributed by atoms with Crippen LogP contribution in [0.3, 0.4) is 0 Å². The van der Waals surface area contributed by atoms with E-state index >= 15 is 0 Å². The van der Waals surface area contributed by atoms with Crippen molar-refractivity contribution >= 4 is 22.3 Å². The fourth-order valence-corrected chi connectivity index (χ4v) is 1.64. The molecule has 1 aromatic heterocycles. The monoisotopic (exact) mass is 201 g/mol. The van der Waals surface area contributed by atoms with Gasteiger partial charge in [-0.05, 0) is 26.0 Å². The van der Waals surface area contributed by atoms with E-state index in [4.69, 9.17) is 5.73 Å². The number of aromatic nitrogens is 1. The molecule has 0 atom stereocenters. The number of rotatable bonds is 2. The molecule has 0 amide bonds. The quantitative estimate of drug-likeness (QED) is 0.734. The Bertz CT molecular complexity index is 477. The van der Waals surface area contributed by atoms with Crippen molar-refractivity contribution in [1.29, 1.82) is 0 Å². The molecule has 3 N–H and O–H groups in total. The molecule has 3 heteroatoms. The first-order chi connectivity index (χ1) is 7.18. The first kappa shape index (κ1) is 9.77. The van der Waals surface area contributed by atoms with Gasteiger partial charge < -0.3 is 11.1 Å². The van der Waals surface area contributed by atoms with Gasteiger partial charge in [-0.1, -0.05) is 12.1 Å². The summed E-state index contributed by atoms with van der Waals surface area (Å²) in [6.07, 6.45) is 1.78. The third kappa shape index (κ3) is 1.86. The summed E-state index contributed by atoms with van der Waals surface area (Å²) in [7, 11) is 0. The lowest BCUT2D eigenvalue weighted by Crippen LogP contribution is -2.10. The molecule has 0 bridgehead atoms. The van der Waals surface area contributed by atoms with Gasteiger partial charge in [0.15, 0.2) is 0 Å². The van der Waals surface area contributed by atoms with Crippen LogP contribution >= 0.6 is 0 Å². The summed E-state index contributed by atoms with van der Waals surface area (Å²) in [5, 5.41) is 4.45. The molecule has 1 aromatic carbocycles. The second kappa shape index (κ2) is 3.77. The molecule has 15 heavy (non-hydrogen) atoms. The molecule has 0 radical (unpaired) electrons. The number of hydrogen-bond acceptors (Lipinski definition) is 3. The van der Waals surface area contributed by atoms with Gasteiger partial charge >= 0.3 is 0 Å². The zero-order chi connectivity index (χ0) is 10.8. The van der Waals surface area contributed by atoms with Crippen molar-refractivity contribution in [1.82, 2.24) is 4.98 Å². The van der Waals surface area contributed by atoms with E-state index in [-0.39, 0.29) is 0 Å². The van der Waals surface area contributed by atoms with Crippen molar-refractivity contribution in [2.45, 2.75) is 19.9 Å². The van der Waals surface area contributed by atoms with Crippen LogP contribution in [0.15, 0.2) is 30.5 Å². The van der Waals surface area contributed by atoms with Crippen LogP contribution in [0, 0.1) is 0 Å². The lowest BCUT2D eigenvalue weighted by Gasteiger charge is -2.12. The Morgan fingerprint density at radius 1 is 1.27 bits per heavy atom. The number of hydrogen-bond donors (Lipinski definition) is 2. The number of fused-ring (bicyclic) bond motifs is 1. The van der Waals surface area contributed by atoms with Crippen molar-refractivity contribution in [2.75, 3.05) is 11.1 Å². The lowest BCUT2D eigenvalue weighted by atomic mass is 10.1. The summed E-state index contributed by atoms with van der Waals surface area (Å²) in [5.74, 6) is 0. The number of pyridine rings is 1. The minimum Gasteiger partial charge on any atom is -0.397 e. The van der Waals surface area contributed by atoms with Crippen LogP contribution < -0.4 is 11.1 Å². The first-order valence-corrected chi connectivity index (χ1v) is 5.08. The van der Waals surface area contributed by atoms with E-state index in [1.54, 1.807) is 6.20 Å². The Balaban J connectivity index is 2.61. The summed E-state index contributed by atoms with van der Waals surface area (Å²) in [5.41, 5.74) is 8.54. The average molecular weight is 201 g/mol. The number of nitrogens with one attached hydrogen (secondary N) is 1. The number of nitrogens with two attached hydrogens (primary N) is 1. The van der Waals surface area contributed by atoms with Crippen LogP contribution in [0.5, 0.6) is 0 Å². The lowest BCUT2D eigenvalue weighted by molar-refractivity contribution is 0.901. The summed E-state index contributed by atoms with van der Waals surface area (Å²) in [4.78, 5) is 4.28. The maximum absolute atomic E-state index is 5.87. The minimum atomic E-state index is 0.400. The molecule has 0 spiro atoms. The van der Waals surface area contributed by atoms with Crippen LogP contribution in [0.25, 0.3) is 10.9 Å². The predicted octanol–water partition coefficient (Wildman–Crippen LogP) is 2.64. The Hall–Kier alpha value is -1.77. The number of nitrogens with zero attached hydrogens (tertiary/aromatic N) is 1. The molecule has 2 aromatic rings. The van der Waals surface area contributed by atoms with Crippen LogP contribution in [0.2, 0.25) is 0 Å². The van der Waals surface area contributed by atoms with Crippen molar-refractivity contribution < 1.29 is 0 Å². The fourth-order valence-electron chi connectivity index (χ4n) is 1.64. The van der Waals surface area contributed by atoms with E-state index in [1.165, 1.54) is 0 Å². The topological polar surface area (TPSA) is 50.9 Å². The van der Waals surface area contributed by atoms with Gasteiger partial charge in [-0.2, -0.15) is 0 Å². The van der Waals surface area contributed by atoms with E-state index in [0.29, 0.717) is 6.04 Å². The van der Waals surface area contributed by atoms with E-state index in [1.807, 2.05) is 24.3 Å². The van der Waals surface area contributed by atoms with Crippen LogP contribution in [-0.2, 0) is 0 Å². The molecule has 3 nitrogen and oxygen atoms in total. The average Bonchev–Trinajstić information content (AvgIpc) is 2.19. The van der Waals surface area contributed by atoms with Gasteiger partial charge in [0.25, 0.3) is 0 Å². The van der Waals surface area contributed by atoms with Crippen molar-refractivity contribution in [2.24, 2.45) is 0 Å². The smallest absolute Gasteiger partial charge is 0.0951 e. The van der Waals surface area contributed by atoms with E-state index in [0.717, 1.165) is 22.3 Å². The predicted molar refractivity (Wildman–Crippen MR) is 64.9 cm³/mol. The summed E-state index contributed by atoms with van der Waals surface area (Å²) < 4.78 is 0. The molecular formula is C12H15N3. The number of nitrogen functional groups attached to an aromatic ring is 1. The third-order valence-corrected chi connectivity index (χ3v) is 2.25. The number of para-hydroxylation sites is 1. The summed E-state index contributed by atoms with van der Waals surface area (Å²) in [6.45, 7) is 4.22. The molecule has 0 aliphatic carbocycles. The second-order valence-corrected chi connectivity index (χ2v) is 3.90. The van der Waals surface area contributed by atoms with Gasteiger partial charge in [0.2, 0.25) is 0 Å². The normalized spacial score (nSPS) is 10.9. The maximum atomic E-state index is 5.87. The SMILES string of the molecule is CC(C)Nc1ccnc2c(N)cccc12. The Labute approximate surface area is 89.3 Å². The Morgan fingerprint density at radius 3 is 2.80 bits per heavy atom. The Kier molecular flexibility index (Phi) is 2.46. The molecule has 1 heterocycles. The highest BCUT2D eigenvalue weighted by Gasteiger charge is 2.04. The van der Waals surface area contributed by atoms with Gasteiger partial charge in [0.1, 0.15) is 0 Å². The zero-order valence-corrected chi connectivity index (χ0v) is 8.99. The summed E-state index contributed by atoms with van der Waals surface area (Å²) >= 11 is 0. The molecule has 0 aliphatic rings. The fraction of sp³-hybridized carbons (Fsp3) is 0.250. The third-order valence-electron chi connectivity index (χ3n) is 2.25. The molecule has 0 saturated carbocycles. The molecule has 0 saturated heterocycles. The van der Waals surface area contributed by atoms with Gasteiger partial charge in [-0.15, -0.1) is 0 Å². The van der Waals surface area contributed by atoms with Crippen LogP contribution in [-0.4, -0.2) is 11.0 Å². The largest absolute Gasteiger partial charge is 0.397 e. The van der Waals surface area contributed by atoms with Gasteiger partial charge in [0.05, 0.1) is 11.2 Å². The zero-order valence-electron chi connectivity index (χ0n) is 8.99. The first-order valence-electron chi connectivity index (χ1n) is 5.08. The highest BCUT2D eigenvalue weighted by atomic mass is 14.9. The molecule has 0 unspecified atom stereocenters.